The number of rotatable bonds is 3. The molecule has 0 unspecified atom stereocenters. The molecule has 0 radical (unpaired) electrons. The highest BCUT2D eigenvalue weighted by Gasteiger charge is 2.12. The predicted octanol–water partition coefficient (Wildman–Crippen LogP) is 3.02. The van der Waals surface area contributed by atoms with Crippen LogP contribution in [0.5, 0.6) is 0 Å². The van der Waals surface area contributed by atoms with E-state index in [1.54, 1.807) is 35.3 Å². The zero-order valence-corrected chi connectivity index (χ0v) is 10.9. The van der Waals surface area contributed by atoms with Crippen molar-refractivity contribution in [1.29, 1.82) is 0 Å². The van der Waals surface area contributed by atoms with E-state index < -0.39 is 0 Å². The number of hydrogen-bond acceptors (Lipinski definition) is 5. The lowest BCUT2D eigenvalue weighted by molar-refractivity contribution is 1.21. The van der Waals surface area contributed by atoms with Gasteiger partial charge in [0.05, 0.1) is 10.6 Å². The number of thioether (sulfide) groups is 3. The summed E-state index contributed by atoms with van der Waals surface area (Å²) in [6.45, 7) is 0. The maximum Gasteiger partial charge on any atom is 0.0622 e. The first kappa shape index (κ1) is 11.9. The Balaban J connectivity index is 3.39. The van der Waals surface area contributed by atoms with E-state index in [2.05, 4.69) is 0 Å². The fraction of sp³-hybridized carbons (Fsp3) is 0.333. The highest BCUT2D eigenvalue weighted by molar-refractivity contribution is 8.02. The van der Waals surface area contributed by atoms with Crippen molar-refractivity contribution in [3.05, 3.63) is 6.07 Å². The van der Waals surface area contributed by atoms with E-state index in [4.69, 9.17) is 11.5 Å². The van der Waals surface area contributed by atoms with Crippen LogP contribution < -0.4 is 11.5 Å². The van der Waals surface area contributed by atoms with Crippen molar-refractivity contribution >= 4 is 46.7 Å². The van der Waals surface area contributed by atoms with Gasteiger partial charge in [-0.3, -0.25) is 0 Å². The topological polar surface area (TPSA) is 52.0 Å². The number of nitrogens with two attached hydrogens (primary N) is 2. The second-order valence-corrected chi connectivity index (χ2v) is 5.13. The van der Waals surface area contributed by atoms with Crippen LogP contribution in [0.3, 0.4) is 0 Å². The van der Waals surface area contributed by atoms with E-state index in [0.29, 0.717) is 0 Å². The van der Waals surface area contributed by atoms with Crippen molar-refractivity contribution in [2.45, 2.75) is 14.7 Å². The molecule has 4 N–H and O–H groups in total. The fourth-order valence-electron chi connectivity index (χ4n) is 1.25. The van der Waals surface area contributed by atoms with Gasteiger partial charge in [-0.1, -0.05) is 0 Å². The van der Waals surface area contributed by atoms with Gasteiger partial charge in [-0.05, 0) is 24.8 Å². The summed E-state index contributed by atoms with van der Waals surface area (Å²) < 4.78 is 0. The Bertz CT molecular complexity index is 339. The van der Waals surface area contributed by atoms with Crippen LogP contribution in [0.25, 0.3) is 0 Å². The van der Waals surface area contributed by atoms with Gasteiger partial charge in [-0.2, -0.15) is 0 Å². The second-order valence-electron chi connectivity index (χ2n) is 2.65. The minimum absolute atomic E-state index is 0.775. The fourth-order valence-corrected chi connectivity index (χ4v) is 3.56. The Morgan fingerprint density at radius 1 is 0.929 bits per heavy atom. The molecule has 0 saturated carbocycles. The highest BCUT2D eigenvalue weighted by atomic mass is 32.2. The summed E-state index contributed by atoms with van der Waals surface area (Å²) in [7, 11) is 0. The van der Waals surface area contributed by atoms with Crippen molar-refractivity contribution in [3.8, 4) is 0 Å². The molecule has 0 aliphatic heterocycles. The van der Waals surface area contributed by atoms with Gasteiger partial charge in [0, 0.05) is 15.5 Å². The minimum Gasteiger partial charge on any atom is -0.398 e. The standard InChI is InChI=1S/C9H14N2S3/c1-12-6-4-5(10)8(13-2)7(11)9(6)14-3/h4H,10-11H2,1-3H3. The van der Waals surface area contributed by atoms with Crippen molar-refractivity contribution in [2.75, 3.05) is 30.2 Å². The van der Waals surface area contributed by atoms with Crippen LogP contribution in [0.4, 0.5) is 11.4 Å². The predicted molar refractivity (Wildman–Crippen MR) is 70.6 cm³/mol. The van der Waals surface area contributed by atoms with Gasteiger partial charge in [0.2, 0.25) is 0 Å². The van der Waals surface area contributed by atoms with Crippen LogP contribution in [-0.2, 0) is 0 Å². The maximum absolute atomic E-state index is 6.05. The third-order valence-corrected chi connectivity index (χ3v) is 4.49. The molecule has 0 bridgehead atoms. The molecule has 0 aliphatic rings. The number of benzene rings is 1. The van der Waals surface area contributed by atoms with Crippen LogP contribution in [-0.4, -0.2) is 18.8 Å². The minimum atomic E-state index is 0.775. The summed E-state index contributed by atoms with van der Waals surface area (Å²) >= 11 is 4.95. The Morgan fingerprint density at radius 3 is 1.93 bits per heavy atom. The summed E-state index contributed by atoms with van der Waals surface area (Å²) in [5, 5.41) is 0. The van der Waals surface area contributed by atoms with Crippen LogP contribution in [0.2, 0.25) is 0 Å². The maximum atomic E-state index is 6.05. The molecule has 0 fully saturated rings. The molecule has 5 heteroatoms. The van der Waals surface area contributed by atoms with Gasteiger partial charge in [0.15, 0.2) is 0 Å². The second kappa shape index (κ2) is 5.09. The molecular formula is C9H14N2S3. The molecule has 1 aromatic rings. The summed E-state index contributed by atoms with van der Waals surface area (Å²) in [4.78, 5) is 3.29. The summed E-state index contributed by atoms with van der Waals surface area (Å²) in [6, 6.07) is 2.00. The number of hydrogen-bond donors (Lipinski definition) is 2. The first-order valence-corrected chi connectivity index (χ1v) is 7.67. The average Bonchev–Trinajstić information content (AvgIpc) is 2.17. The van der Waals surface area contributed by atoms with E-state index in [0.717, 1.165) is 26.1 Å². The molecule has 1 rings (SSSR count). The van der Waals surface area contributed by atoms with Gasteiger partial charge >= 0.3 is 0 Å². The third-order valence-electron chi connectivity index (χ3n) is 1.89. The van der Waals surface area contributed by atoms with Crippen molar-refractivity contribution in [3.63, 3.8) is 0 Å². The van der Waals surface area contributed by atoms with Gasteiger partial charge in [-0.15, -0.1) is 35.3 Å². The van der Waals surface area contributed by atoms with Gasteiger partial charge < -0.3 is 11.5 Å². The van der Waals surface area contributed by atoms with E-state index in [9.17, 15) is 0 Å². The first-order chi connectivity index (χ1) is 6.65. The molecule has 0 atom stereocenters. The SMILES string of the molecule is CSc1cc(N)c(SC)c(N)c1SC. The number of anilines is 2. The quantitative estimate of drug-likeness (QED) is 0.634. The molecule has 0 heterocycles. The zero-order chi connectivity index (χ0) is 10.7. The summed E-state index contributed by atoms with van der Waals surface area (Å²) in [5.41, 5.74) is 13.5. The largest absolute Gasteiger partial charge is 0.398 e. The molecule has 0 amide bonds. The molecule has 1 aromatic carbocycles. The van der Waals surface area contributed by atoms with Crippen LogP contribution in [0, 0.1) is 0 Å². The molecule has 0 aliphatic carbocycles. The lowest BCUT2D eigenvalue weighted by atomic mass is 10.3. The molecule has 0 saturated heterocycles. The van der Waals surface area contributed by atoms with Gasteiger partial charge in [0.1, 0.15) is 0 Å². The summed E-state index contributed by atoms with van der Waals surface area (Å²) in [6.07, 6.45) is 6.06. The highest BCUT2D eigenvalue weighted by Crippen LogP contribution is 2.42. The Kier molecular flexibility index (Phi) is 4.34. The zero-order valence-electron chi connectivity index (χ0n) is 8.46. The Labute approximate surface area is 97.6 Å². The van der Waals surface area contributed by atoms with Crippen LogP contribution in [0.1, 0.15) is 0 Å². The normalized spacial score (nSPS) is 10.5. The van der Waals surface area contributed by atoms with Crippen LogP contribution >= 0.6 is 35.3 Å². The molecule has 78 valence electrons. The monoisotopic (exact) mass is 246 g/mol. The number of nitrogen functional groups attached to an aromatic ring is 2. The van der Waals surface area contributed by atoms with E-state index in [-0.39, 0.29) is 0 Å². The first-order valence-electron chi connectivity index (χ1n) is 3.99. The average molecular weight is 246 g/mol. The Morgan fingerprint density at radius 2 is 1.50 bits per heavy atom. The van der Waals surface area contributed by atoms with E-state index in [1.807, 2.05) is 24.8 Å². The molecule has 2 nitrogen and oxygen atoms in total. The molecular weight excluding hydrogens is 232 g/mol. The smallest absolute Gasteiger partial charge is 0.0622 e. The lowest BCUT2D eigenvalue weighted by Crippen LogP contribution is -1.98. The molecule has 0 spiro atoms. The van der Waals surface area contributed by atoms with Crippen molar-refractivity contribution in [1.82, 2.24) is 0 Å². The van der Waals surface area contributed by atoms with E-state index >= 15 is 0 Å². The van der Waals surface area contributed by atoms with Crippen LogP contribution in [0.15, 0.2) is 20.8 Å². The summed E-state index contributed by atoms with van der Waals surface area (Å²) in [5.74, 6) is 0. The van der Waals surface area contributed by atoms with Crippen molar-refractivity contribution < 1.29 is 0 Å². The Hall–Kier alpha value is -0.130. The van der Waals surface area contributed by atoms with Crippen molar-refractivity contribution in [2.24, 2.45) is 0 Å². The third kappa shape index (κ3) is 2.10. The van der Waals surface area contributed by atoms with E-state index in [1.165, 1.54) is 0 Å². The molecule has 14 heavy (non-hydrogen) atoms. The van der Waals surface area contributed by atoms with Gasteiger partial charge in [0.25, 0.3) is 0 Å². The molecule has 0 aromatic heterocycles. The van der Waals surface area contributed by atoms with Gasteiger partial charge in [-0.25, -0.2) is 0 Å². The lowest BCUT2D eigenvalue weighted by Gasteiger charge is -2.14.